The van der Waals surface area contributed by atoms with E-state index >= 15 is 0 Å². The van der Waals surface area contributed by atoms with E-state index in [4.69, 9.17) is 0 Å². The fourth-order valence-corrected chi connectivity index (χ4v) is 4.30. The predicted octanol–water partition coefficient (Wildman–Crippen LogP) is 3.33. The molecule has 0 spiro atoms. The molecule has 23 heavy (non-hydrogen) atoms. The molecule has 1 atom stereocenters. The smallest absolute Gasteiger partial charge is 0.266 e. The Morgan fingerprint density at radius 2 is 2.17 bits per heavy atom. The number of aliphatic hydroxyl groups is 1. The van der Waals surface area contributed by atoms with Crippen LogP contribution in [0.3, 0.4) is 0 Å². The summed E-state index contributed by atoms with van der Waals surface area (Å²) < 4.78 is 0. The molecular formula is C18H22N2O2S. The molecule has 0 saturated carbocycles. The van der Waals surface area contributed by atoms with Gasteiger partial charge in [0.25, 0.3) is 5.91 Å². The van der Waals surface area contributed by atoms with Gasteiger partial charge in [0.05, 0.1) is 18.3 Å². The second-order valence-electron chi connectivity index (χ2n) is 6.23. The van der Waals surface area contributed by atoms with Crippen LogP contribution in [-0.2, 0) is 0 Å². The Labute approximate surface area is 140 Å². The molecule has 1 aromatic heterocycles. The van der Waals surface area contributed by atoms with Gasteiger partial charge in [-0.15, -0.1) is 11.3 Å². The Bertz CT molecular complexity index is 739. The summed E-state index contributed by atoms with van der Waals surface area (Å²) in [6.45, 7) is 6.79. The van der Waals surface area contributed by atoms with E-state index in [-0.39, 0.29) is 18.6 Å². The Morgan fingerprint density at radius 1 is 1.39 bits per heavy atom. The molecule has 0 unspecified atom stereocenters. The first-order valence-corrected chi connectivity index (χ1v) is 8.79. The van der Waals surface area contributed by atoms with Crippen molar-refractivity contribution in [1.29, 1.82) is 0 Å². The normalized spacial score (nSPS) is 17.7. The monoisotopic (exact) mass is 330 g/mol. The summed E-state index contributed by atoms with van der Waals surface area (Å²) in [7, 11) is 0. The summed E-state index contributed by atoms with van der Waals surface area (Å²) in [4.78, 5) is 19.9. The molecule has 1 fully saturated rings. The molecule has 4 nitrogen and oxygen atoms in total. The number of aromatic nitrogens is 1. The maximum Gasteiger partial charge on any atom is 0.266 e. The maximum atomic E-state index is 12.8. The maximum absolute atomic E-state index is 12.8. The number of thiazole rings is 1. The van der Waals surface area contributed by atoms with Gasteiger partial charge in [0.2, 0.25) is 0 Å². The molecule has 1 aromatic carbocycles. The second kappa shape index (κ2) is 6.42. The highest BCUT2D eigenvalue weighted by atomic mass is 32.1. The number of aryl methyl sites for hydroxylation is 3. The zero-order valence-corrected chi connectivity index (χ0v) is 14.6. The molecule has 1 N–H and O–H groups in total. The van der Waals surface area contributed by atoms with E-state index in [0.717, 1.165) is 35.7 Å². The zero-order valence-electron chi connectivity index (χ0n) is 13.8. The van der Waals surface area contributed by atoms with Crippen LogP contribution >= 0.6 is 11.3 Å². The topological polar surface area (TPSA) is 53.4 Å². The van der Waals surface area contributed by atoms with Crippen LogP contribution in [0.2, 0.25) is 0 Å². The van der Waals surface area contributed by atoms with Crippen molar-refractivity contribution < 1.29 is 9.90 Å². The van der Waals surface area contributed by atoms with Crippen molar-refractivity contribution in [2.75, 3.05) is 13.2 Å². The SMILES string of the molecule is Cc1ccc(-c2nc(C)c(C(=O)N3CCC[C@@H]3CO)s2)c(C)c1. The Kier molecular flexibility index (Phi) is 4.50. The van der Waals surface area contributed by atoms with Crippen LogP contribution in [0.5, 0.6) is 0 Å². The lowest BCUT2D eigenvalue weighted by molar-refractivity contribution is 0.0681. The number of benzene rings is 1. The lowest BCUT2D eigenvalue weighted by atomic mass is 10.1. The van der Waals surface area contributed by atoms with E-state index in [1.165, 1.54) is 22.5 Å². The molecule has 122 valence electrons. The number of hydrogen-bond donors (Lipinski definition) is 1. The number of amides is 1. The molecular weight excluding hydrogens is 308 g/mol. The summed E-state index contributed by atoms with van der Waals surface area (Å²) in [6, 6.07) is 6.23. The first-order chi connectivity index (χ1) is 11.0. The number of nitrogens with zero attached hydrogens (tertiary/aromatic N) is 2. The highest BCUT2D eigenvalue weighted by molar-refractivity contribution is 7.17. The zero-order chi connectivity index (χ0) is 16.6. The first kappa shape index (κ1) is 16.1. The van der Waals surface area contributed by atoms with Gasteiger partial charge in [-0.3, -0.25) is 4.79 Å². The highest BCUT2D eigenvalue weighted by Crippen LogP contribution is 2.32. The number of carbonyl (C=O) groups excluding carboxylic acids is 1. The molecule has 1 aliphatic rings. The largest absolute Gasteiger partial charge is 0.394 e. The summed E-state index contributed by atoms with van der Waals surface area (Å²) in [6.07, 6.45) is 1.84. The number of hydrogen-bond acceptors (Lipinski definition) is 4. The first-order valence-electron chi connectivity index (χ1n) is 7.98. The van der Waals surface area contributed by atoms with Crippen LogP contribution in [0, 0.1) is 20.8 Å². The quantitative estimate of drug-likeness (QED) is 0.939. The van der Waals surface area contributed by atoms with Crippen LogP contribution in [0.25, 0.3) is 10.6 Å². The average Bonchev–Trinajstić information content (AvgIpc) is 3.13. The van der Waals surface area contributed by atoms with Crippen LogP contribution in [0.4, 0.5) is 0 Å². The van der Waals surface area contributed by atoms with Crippen LogP contribution in [0.15, 0.2) is 18.2 Å². The molecule has 2 heterocycles. The lowest BCUT2D eigenvalue weighted by Gasteiger charge is -2.22. The van der Waals surface area contributed by atoms with E-state index in [2.05, 4.69) is 37.0 Å². The number of likely N-dealkylation sites (tertiary alicyclic amines) is 1. The van der Waals surface area contributed by atoms with E-state index in [1.807, 2.05) is 6.92 Å². The van der Waals surface area contributed by atoms with Crippen molar-refractivity contribution >= 4 is 17.2 Å². The van der Waals surface area contributed by atoms with Gasteiger partial charge in [0, 0.05) is 12.1 Å². The Balaban J connectivity index is 1.93. The van der Waals surface area contributed by atoms with Crippen molar-refractivity contribution in [2.45, 2.75) is 39.7 Å². The molecule has 0 bridgehead atoms. The van der Waals surface area contributed by atoms with Gasteiger partial charge in [0.1, 0.15) is 9.88 Å². The summed E-state index contributed by atoms with van der Waals surface area (Å²) in [5.74, 6) is 0.00700. The summed E-state index contributed by atoms with van der Waals surface area (Å²) in [5.41, 5.74) is 4.26. The fourth-order valence-electron chi connectivity index (χ4n) is 3.19. The molecule has 1 amide bonds. The molecule has 2 aromatic rings. The molecule has 0 radical (unpaired) electrons. The standard InChI is InChI=1S/C18H22N2O2S/c1-11-6-7-15(12(2)9-11)17-19-13(3)16(23-17)18(22)20-8-4-5-14(20)10-21/h6-7,9,14,21H,4-5,8,10H2,1-3H3/t14-/m1/s1. The van der Waals surface area contributed by atoms with Crippen molar-refractivity contribution in [2.24, 2.45) is 0 Å². The third-order valence-corrected chi connectivity index (χ3v) is 5.63. The van der Waals surface area contributed by atoms with Crippen molar-refractivity contribution in [1.82, 2.24) is 9.88 Å². The van der Waals surface area contributed by atoms with Gasteiger partial charge in [-0.05, 0) is 39.2 Å². The lowest BCUT2D eigenvalue weighted by Crippen LogP contribution is -2.37. The number of carbonyl (C=O) groups is 1. The van der Waals surface area contributed by atoms with Crippen molar-refractivity contribution in [3.63, 3.8) is 0 Å². The minimum Gasteiger partial charge on any atom is -0.394 e. The van der Waals surface area contributed by atoms with Crippen molar-refractivity contribution in [3.05, 3.63) is 39.9 Å². The summed E-state index contributed by atoms with van der Waals surface area (Å²) in [5, 5.41) is 10.3. The Morgan fingerprint density at radius 3 is 2.87 bits per heavy atom. The minimum atomic E-state index is -0.0476. The highest BCUT2D eigenvalue weighted by Gasteiger charge is 2.31. The van der Waals surface area contributed by atoms with E-state index < -0.39 is 0 Å². The Hall–Kier alpha value is -1.72. The fraction of sp³-hybridized carbons (Fsp3) is 0.444. The van der Waals surface area contributed by atoms with Crippen molar-refractivity contribution in [3.8, 4) is 10.6 Å². The van der Waals surface area contributed by atoms with Gasteiger partial charge < -0.3 is 10.0 Å². The third-order valence-electron chi connectivity index (χ3n) is 4.45. The van der Waals surface area contributed by atoms with E-state index in [1.54, 1.807) is 4.90 Å². The molecule has 0 aliphatic carbocycles. The van der Waals surface area contributed by atoms with Gasteiger partial charge >= 0.3 is 0 Å². The van der Waals surface area contributed by atoms with Crippen LogP contribution in [0.1, 0.15) is 39.3 Å². The average molecular weight is 330 g/mol. The van der Waals surface area contributed by atoms with E-state index in [0.29, 0.717) is 4.88 Å². The van der Waals surface area contributed by atoms with Crippen LogP contribution < -0.4 is 0 Å². The minimum absolute atomic E-state index is 0.00700. The molecule has 5 heteroatoms. The molecule has 1 saturated heterocycles. The van der Waals surface area contributed by atoms with Gasteiger partial charge in [-0.25, -0.2) is 4.98 Å². The molecule has 3 rings (SSSR count). The third kappa shape index (κ3) is 3.03. The van der Waals surface area contributed by atoms with E-state index in [9.17, 15) is 9.90 Å². The second-order valence-corrected chi connectivity index (χ2v) is 7.23. The predicted molar refractivity (Wildman–Crippen MR) is 92.9 cm³/mol. The van der Waals surface area contributed by atoms with Gasteiger partial charge in [-0.1, -0.05) is 23.8 Å². The van der Waals surface area contributed by atoms with Gasteiger partial charge in [0.15, 0.2) is 0 Å². The number of rotatable bonds is 3. The number of aliphatic hydroxyl groups excluding tert-OH is 1. The van der Waals surface area contributed by atoms with Crippen LogP contribution in [-0.4, -0.2) is 40.1 Å². The van der Waals surface area contributed by atoms with Gasteiger partial charge in [-0.2, -0.15) is 0 Å². The summed E-state index contributed by atoms with van der Waals surface area (Å²) >= 11 is 1.46. The molecule has 1 aliphatic heterocycles.